The molecule has 2 aromatic heterocycles. The summed E-state index contributed by atoms with van der Waals surface area (Å²) in [5.74, 6) is 0. The van der Waals surface area contributed by atoms with E-state index in [4.69, 9.17) is 0 Å². The minimum absolute atomic E-state index is 0.548. The maximum atomic E-state index is 12.1. The van der Waals surface area contributed by atoms with Gasteiger partial charge in [-0.05, 0) is 22.9 Å². The first-order valence-electron chi connectivity index (χ1n) is 7.29. The van der Waals surface area contributed by atoms with Gasteiger partial charge in [-0.25, -0.2) is 0 Å². The quantitative estimate of drug-likeness (QED) is 0.317. The number of benzene rings is 2. The lowest BCUT2D eigenvalue weighted by Crippen LogP contribution is -2.29. The van der Waals surface area contributed by atoms with Crippen molar-refractivity contribution < 1.29 is 9.46 Å². The first-order valence-corrected chi connectivity index (χ1v) is 9.44. The fraction of sp³-hybridized carbons (Fsp3) is 0. The minimum Gasteiger partial charge on any atom is -0.618 e. The summed E-state index contributed by atoms with van der Waals surface area (Å²) >= 11 is 0. The number of rotatable bonds is 3. The van der Waals surface area contributed by atoms with Gasteiger partial charge in [0.15, 0.2) is 12.4 Å². The van der Waals surface area contributed by atoms with Gasteiger partial charge < -0.3 is 10.4 Å². The number of hydrogen-bond donors (Lipinski definition) is 0. The summed E-state index contributed by atoms with van der Waals surface area (Å²) in [4.78, 5) is 0. The molecule has 0 spiro atoms. The van der Waals surface area contributed by atoms with Gasteiger partial charge in [-0.3, -0.25) is 0 Å². The third-order valence-electron chi connectivity index (χ3n) is 3.71. The molecule has 0 saturated heterocycles. The van der Waals surface area contributed by atoms with Crippen LogP contribution in [0.1, 0.15) is 0 Å². The van der Waals surface area contributed by atoms with E-state index in [9.17, 15) is 10.4 Å². The van der Waals surface area contributed by atoms with Crippen LogP contribution in [0, 0.1) is 10.4 Å². The summed E-state index contributed by atoms with van der Waals surface area (Å²) in [5, 5.41) is 29.2. The molecule has 0 radical (unpaired) electrons. The van der Waals surface area contributed by atoms with Gasteiger partial charge in [0.1, 0.15) is 0 Å². The van der Waals surface area contributed by atoms with E-state index in [1.54, 1.807) is 12.4 Å². The lowest BCUT2D eigenvalue weighted by atomic mass is 10.2. The molecule has 4 nitrogen and oxygen atoms in total. The average Bonchev–Trinajstić information content (AvgIpc) is 2.60. The van der Waals surface area contributed by atoms with E-state index in [-0.39, 0.29) is 0 Å². The van der Waals surface area contributed by atoms with Gasteiger partial charge in [-0.2, -0.15) is 9.46 Å². The van der Waals surface area contributed by atoms with Crippen molar-refractivity contribution in [3.05, 3.63) is 83.5 Å². The highest BCUT2D eigenvalue weighted by Crippen LogP contribution is 2.35. The standard InChI is InChI=1S/C18H12N2O2S2/c21-19-11-15-7-3-1-5-13(15)9-17(19)23-24-18-10-14-6-2-4-8-16(14)12-20(18)22/h1-12H. The van der Waals surface area contributed by atoms with E-state index in [2.05, 4.69) is 0 Å². The zero-order valence-corrected chi connectivity index (χ0v) is 14.1. The number of fused-ring (bicyclic) bond motifs is 2. The Morgan fingerprint density at radius 2 is 0.958 bits per heavy atom. The monoisotopic (exact) mass is 352 g/mol. The van der Waals surface area contributed by atoms with Crippen LogP contribution in [0.15, 0.2) is 83.1 Å². The predicted octanol–water partition coefficient (Wildman–Crippen LogP) is 4.06. The molecule has 6 heteroatoms. The first-order chi connectivity index (χ1) is 11.7. The molecular formula is C18H12N2O2S2. The van der Waals surface area contributed by atoms with E-state index >= 15 is 0 Å². The molecule has 0 bridgehead atoms. The molecule has 2 aromatic carbocycles. The van der Waals surface area contributed by atoms with E-state index in [0.29, 0.717) is 10.1 Å². The first kappa shape index (κ1) is 15.1. The molecule has 0 fully saturated rings. The summed E-state index contributed by atoms with van der Waals surface area (Å²) in [6.45, 7) is 0. The maximum absolute atomic E-state index is 12.1. The van der Waals surface area contributed by atoms with Crippen LogP contribution in [0.4, 0.5) is 0 Å². The summed E-state index contributed by atoms with van der Waals surface area (Å²) in [7, 11) is 2.57. The normalized spacial score (nSPS) is 11.2. The highest BCUT2D eigenvalue weighted by atomic mass is 33.1. The summed E-state index contributed by atoms with van der Waals surface area (Å²) in [6.07, 6.45) is 3.12. The van der Waals surface area contributed by atoms with Crippen molar-refractivity contribution in [3.8, 4) is 0 Å². The van der Waals surface area contributed by atoms with Crippen molar-refractivity contribution in [3.63, 3.8) is 0 Å². The molecule has 0 N–H and O–H groups in total. The largest absolute Gasteiger partial charge is 0.618 e. The van der Waals surface area contributed by atoms with Crippen LogP contribution in [0.25, 0.3) is 21.5 Å². The van der Waals surface area contributed by atoms with Crippen molar-refractivity contribution in [2.24, 2.45) is 0 Å². The highest BCUT2D eigenvalue weighted by Gasteiger charge is 2.15. The topological polar surface area (TPSA) is 53.9 Å². The van der Waals surface area contributed by atoms with Crippen molar-refractivity contribution >= 4 is 43.1 Å². The van der Waals surface area contributed by atoms with E-state index in [1.165, 1.54) is 21.6 Å². The van der Waals surface area contributed by atoms with Crippen molar-refractivity contribution in [1.82, 2.24) is 0 Å². The van der Waals surface area contributed by atoms with Crippen molar-refractivity contribution in [2.75, 3.05) is 0 Å². The molecule has 0 aliphatic rings. The fourth-order valence-electron chi connectivity index (χ4n) is 2.50. The van der Waals surface area contributed by atoms with Crippen LogP contribution < -0.4 is 9.46 Å². The van der Waals surface area contributed by atoms with Gasteiger partial charge in [0.25, 0.3) is 10.1 Å². The molecule has 0 aliphatic heterocycles. The van der Waals surface area contributed by atoms with Crippen LogP contribution in [-0.4, -0.2) is 0 Å². The Kier molecular flexibility index (Phi) is 3.92. The van der Waals surface area contributed by atoms with Gasteiger partial charge in [0.2, 0.25) is 0 Å². The molecule has 4 aromatic rings. The minimum atomic E-state index is 0.548. The summed E-state index contributed by atoms with van der Waals surface area (Å²) in [6, 6.07) is 19.1. The molecular weight excluding hydrogens is 340 g/mol. The fourth-order valence-corrected chi connectivity index (χ4v) is 4.51. The van der Waals surface area contributed by atoms with Gasteiger partial charge in [0.05, 0.1) is 0 Å². The molecule has 2 heterocycles. The van der Waals surface area contributed by atoms with Gasteiger partial charge in [0, 0.05) is 44.5 Å². The molecule has 0 aliphatic carbocycles. The molecule has 118 valence electrons. The second kappa shape index (κ2) is 6.22. The zero-order chi connectivity index (χ0) is 16.5. The Labute approximate surface area is 146 Å². The molecule has 24 heavy (non-hydrogen) atoms. The molecule has 0 atom stereocenters. The third-order valence-corrected chi connectivity index (χ3v) is 6.00. The van der Waals surface area contributed by atoms with E-state index in [0.717, 1.165) is 31.0 Å². The second-order valence-electron chi connectivity index (χ2n) is 5.30. The molecule has 4 rings (SSSR count). The Hall–Kier alpha value is -2.44. The van der Waals surface area contributed by atoms with E-state index < -0.39 is 0 Å². The lowest BCUT2D eigenvalue weighted by Gasteiger charge is -2.07. The number of aromatic nitrogens is 2. The maximum Gasteiger partial charge on any atom is 0.263 e. The van der Waals surface area contributed by atoms with Crippen molar-refractivity contribution in [1.29, 1.82) is 0 Å². The second-order valence-corrected chi connectivity index (χ2v) is 7.47. The van der Waals surface area contributed by atoms with Crippen LogP contribution in [-0.2, 0) is 0 Å². The van der Waals surface area contributed by atoms with Crippen LogP contribution in [0.2, 0.25) is 0 Å². The van der Waals surface area contributed by atoms with E-state index in [1.807, 2.05) is 60.7 Å². The molecule has 0 unspecified atom stereocenters. The smallest absolute Gasteiger partial charge is 0.263 e. The van der Waals surface area contributed by atoms with Crippen LogP contribution >= 0.6 is 21.6 Å². The van der Waals surface area contributed by atoms with Gasteiger partial charge in [-0.1, -0.05) is 36.4 Å². The SMILES string of the molecule is [O-][n+]1cc2ccccc2cc1SSc1cc2ccccc2c[n+]1[O-]. The zero-order valence-electron chi connectivity index (χ0n) is 12.5. The summed E-state index contributed by atoms with van der Waals surface area (Å²) in [5.41, 5.74) is 0. The Bertz CT molecular complexity index is 968. The third kappa shape index (κ3) is 2.86. The highest BCUT2D eigenvalue weighted by molar-refractivity contribution is 8.76. The average molecular weight is 352 g/mol. The lowest BCUT2D eigenvalue weighted by molar-refractivity contribution is -0.644. The van der Waals surface area contributed by atoms with Crippen molar-refractivity contribution in [2.45, 2.75) is 10.1 Å². The van der Waals surface area contributed by atoms with Gasteiger partial charge in [-0.15, -0.1) is 0 Å². The predicted molar refractivity (Wildman–Crippen MR) is 97.5 cm³/mol. The van der Waals surface area contributed by atoms with Crippen LogP contribution in [0.5, 0.6) is 0 Å². The Morgan fingerprint density at radius 3 is 1.38 bits per heavy atom. The summed E-state index contributed by atoms with van der Waals surface area (Å²) < 4.78 is 1.69. The number of hydrogen-bond acceptors (Lipinski definition) is 4. The Balaban J connectivity index is 1.65. The Morgan fingerprint density at radius 1 is 0.583 bits per heavy atom. The number of nitrogens with zero attached hydrogens (tertiary/aromatic N) is 2. The number of pyridine rings is 2. The molecule has 0 amide bonds. The van der Waals surface area contributed by atoms with Gasteiger partial charge >= 0.3 is 0 Å². The van der Waals surface area contributed by atoms with Crippen LogP contribution in [0.3, 0.4) is 0 Å². The molecule has 0 saturated carbocycles.